The predicted molar refractivity (Wildman–Crippen MR) is 58.4 cm³/mol. The Hall–Kier alpha value is -1.56. The number of rotatable bonds is 2. The molecule has 0 amide bonds. The van der Waals surface area contributed by atoms with Crippen LogP contribution in [0.25, 0.3) is 11.5 Å². The zero-order valence-electron chi connectivity index (χ0n) is 7.90. The van der Waals surface area contributed by atoms with E-state index >= 15 is 0 Å². The van der Waals surface area contributed by atoms with Crippen molar-refractivity contribution in [1.82, 2.24) is 10.1 Å². The quantitative estimate of drug-likeness (QED) is 0.904. The highest BCUT2D eigenvalue weighted by Gasteiger charge is 2.12. The summed E-state index contributed by atoms with van der Waals surface area (Å²) >= 11 is 3.34. The monoisotopic (exact) mass is 269 g/mol. The first-order chi connectivity index (χ1) is 7.20. The number of halogens is 1. The molecule has 2 aromatic rings. The highest BCUT2D eigenvalue weighted by Crippen LogP contribution is 2.31. The summed E-state index contributed by atoms with van der Waals surface area (Å²) in [7, 11) is 1.57. The summed E-state index contributed by atoms with van der Waals surface area (Å²) in [5, 5.41) is 3.52. The third kappa shape index (κ3) is 1.94. The Bertz CT molecular complexity index is 484. The van der Waals surface area contributed by atoms with Crippen molar-refractivity contribution in [1.29, 1.82) is 0 Å². The molecule has 1 aromatic carbocycles. The van der Waals surface area contributed by atoms with Gasteiger partial charge in [0, 0.05) is 4.47 Å². The second-order valence-corrected chi connectivity index (χ2v) is 3.72. The molecular formula is C9H8BrN3O2. The molecule has 1 heterocycles. The Balaban J connectivity index is 2.52. The number of aromatic nitrogens is 2. The van der Waals surface area contributed by atoms with Crippen LogP contribution in [-0.2, 0) is 0 Å². The molecule has 15 heavy (non-hydrogen) atoms. The average molecular weight is 270 g/mol. The second kappa shape index (κ2) is 3.90. The van der Waals surface area contributed by atoms with Crippen molar-refractivity contribution in [2.24, 2.45) is 0 Å². The fourth-order valence-electron chi connectivity index (χ4n) is 1.19. The van der Waals surface area contributed by atoms with Gasteiger partial charge in [-0.05, 0) is 23.4 Å². The van der Waals surface area contributed by atoms with Gasteiger partial charge in [0.2, 0.25) is 0 Å². The average Bonchev–Trinajstić information content (AvgIpc) is 2.64. The van der Waals surface area contributed by atoms with Gasteiger partial charge in [-0.1, -0.05) is 15.9 Å². The Morgan fingerprint density at radius 3 is 2.87 bits per heavy atom. The lowest BCUT2D eigenvalue weighted by atomic mass is 10.2. The van der Waals surface area contributed by atoms with Gasteiger partial charge < -0.3 is 15.0 Å². The molecule has 0 atom stereocenters. The van der Waals surface area contributed by atoms with Crippen LogP contribution < -0.4 is 10.5 Å². The van der Waals surface area contributed by atoms with E-state index < -0.39 is 0 Å². The van der Waals surface area contributed by atoms with Crippen molar-refractivity contribution < 1.29 is 9.26 Å². The van der Waals surface area contributed by atoms with E-state index in [0.717, 1.165) is 4.47 Å². The van der Waals surface area contributed by atoms with Gasteiger partial charge in [0.1, 0.15) is 5.75 Å². The molecule has 0 aliphatic heterocycles. The number of anilines is 1. The summed E-state index contributed by atoms with van der Waals surface area (Å²) in [5.74, 6) is 1.10. The Morgan fingerprint density at radius 1 is 1.47 bits per heavy atom. The molecule has 5 nitrogen and oxygen atoms in total. The smallest absolute Gasteiger partial charge is 0.263 e. The summed E-state index contributed by atoms with van der Waals surface area (Å²) in [6.45, 7) is 0. The number of nitrogens with zero attached hydrogens (tertiary/aromatic N) is 2. The molecule has 0 unspecified atom stereocenters. The van der Waals surface area contributed by atoms with E-state index in [1.807, 2.05) is 18.2 Å². The molecule has 2 N–H and O–H groups in total. The lowest BCUT2D eigenvalue weighted by Gasteiger charge is -2.04. The predicted octanol–water partition coefficient (Wildman–Crippen LogP) is 2.09. The SMILES string of the molecule is COc1cc(Br)ccc1-c1nc(N)no1. The largest absolute Gasteiger partial charge is 0.496 e. The minimum absolute atomic E-state index is 0.106. The molecule has 78 valence electrons. The third-order valence-corrected chi connectivity index (χ3v) is 2.33. The first-order valence-electron chi connectivity index (χ1n) is 4.14. The molecule has 0 saturated heterocycles. The van der Waals surface area contributed by atoms with Crippen molar-refractivity contribution in [3.05, 3.63) is 22.7 Å². The van der Waals surface area contributed by atoms with Gasteiger partial charge in [-0.2, -0.15) is 4.98 Å². The van der Waals surface area contributed by atoms with Gasteiger partial charge in [-0.25, -0.2) is 0 Å². The zero-order chi connectivity index (χ0) is 10.8. The van der Waals surface area contributed by atoms with Crippen molar-refractivity contribution in [2.45, 2.75) is 0 Å². The molecule has 0 spiro atoms. The van der Waals surface area contributed by atoms with E-state index in [2.05, 4.69) is 26.1 Å². The minimum atomic E-state index is 0.106. The van der Waals surface area contributed by atoms with Crippen LogP contribution in [0.3, 0.4) is 0 Å². The van der Waals surface area contributed by atoms with Crippen molar-refractivity contribution in [3.8, 4) is 17.2 Å². The number of nitrogen functional groups attached to an aromatic ring is 1. The third-order valence-electron chi connectivity index (χ3n) is 1.84. The Labute approximate surface area is 94.4 Å². The second-order valence-electron chi connectivity index (χ2n) is 2.80. The number of benzene rings is 1. The highest BCUT2D eigenvalue weighted by molar-refractivity contribution is 9.10. The van der Waals surface area contributed by atoms with Crippen LogP contribution in [-0.4, -0.2) is 17.3 Å². The highest BCUT2D eigenvalue weighted by atomic mass is 79.9. The van der Waals surface area contributed by atoms with Crippen molar-refractivity contribution in [3.63, 3.8) is 0 Å². The molecule has 0 fully saturated rings. The zero-order valence-corrected chi connectivity index (χ0v) is 9.48. The van der Waals surface area contributed by atoms with Gasteiger partial charge in [-0.15, -0.1) is 0 Å². The van der Waals surface area contributed by atoms with E-state index in [0.29, 0.717) is 17.2 Å². The van der Waals surface area contributed by atoms with Gasteiger partial charge in [0.15, 0.2) is 0 Å². The lowest BCUT2D eigenvalue weighted by Crippen LogP contribution is -1.89. The van der Waals surface area contributed by atoms with Crippen LogP contribution in [0.15, 0.2) is 27.2 Å². The fourth-order valence-corrected chi connectivity index (χ4v) is 1.53. The number of nitrogens with two attached hydrogens (primary N) is 1. The van der Waals surface area contributed by atoms with E-state index in [4.69, 9.17) is 15.0 Å². The molecule has 6 heteroatoms. The summed E-state index contributed by atoms with van der Waals surface area (Å²) < 4.78 is 11.1. The van der Waals surface area contributed by atoms with Crippen LogP contribution in [0.5, 0.6) is 5.75 Å². The van der Waals surface area contributed by atoms with Crippen molar-refractivity contribution in [2.75, 3.05) is 12.8 Å². The van der Waals surface area contributed by atoms with Crippen LogP contribution in [0, 0.1) is 0 Å². The molecule has 0 aliphatic rings. The standard InChI is InChI=1S/C9H8BrN3O2/c1-14-7-4-5(10)2-3-6(7)8-12-9(11)13-15-8/h2-4H,1H3,(H2,11,13). The molecule has 0 aliphatic carbocycles. The molecule has 0 saturated carbocycles. The molecule has 1 aromatic heterocycles. The van der Waals surface area contributed by atoms with Crippen molar-refractivity contribution >= 4 is 21.9 Å². The summed E-state index contributed by atoms with van der Waals surface area (Å²) in [6, 6.07) is 5.49. The van der Waals surface area contributed by atoms with Crippen LogP contribution >= 0.6 is 15.9 Å². The van der Waals surface area contributed by atoms with Gasteiger partial charge in [0.25, 0.3) is 11.8 Å². The Kier molecular flexibility index (Phi) is 2.59. The van der Waals surface area contributed by atoms with E-state index in [-0.39, 0.29) is 5.95 Å². The maximum atomic E-state index is 5.37. The number of hydrogen-bond donors (Lipinski definition) is 1. The van der Waals surface area contributed by atoms with Crippen LogP contribution in [0.2, 0.25) is 0 Å². The maximum absolute atomic E-state index is 5.37. The van der Waals surface area contributed by atoms with E-state index in [1.54, 1.807) is 7.11 Å². The normalized spacial score (nSPS) is 10.3. The topological polar surface area (TPSA) is 74.2 Å². The van der Waals surface area contributed by atoms with Gasteiger partial charge >= 0.3 is 0 Å². The number of hydrogen-bond acceptors (Lipinski definition) is 5. The number of methoxy groups -OCH3 is 1. The molecular weight excluding hydrogens is 262 g/mol. The molecule has 0 radical (unpaired) electrons. The maximum Gasteiger partial charge on any atom is 0.263 e. The van der Waals surface area contributed by atoms with E-state index in [1.165, 1.54) is 0 Å². The summed E-state index contributed by atoms with van der Waals surface area (Å²) in [4.78, 5) is 3.92. The van der Waals surface area contributed by atoms with Crippen LogP contribution in [0.4, 0.5) is 5.95 Å². The molecule has 0 bridgehead atoms. The Morgan fingerprint density at radius 2 is 2.27 bits per heavy atom. The van der Waals surface area contributed by atoms with Crippen LogP contribution in [0.1, 0.15) is 0 Å². The number of ether oxygens (including phenoxy) is 1. The van der Waals surface area contributed by atoms with Gasteiger partial charge in [0.05, 0.1) is 12.7 Å². The van der Waals surface area contributed by atoms with Gasteiger partial charge in [-0.3, -0.25) is 0 Å². The summed E-state index contributed by atoms with van der Waals surface area (Å²) in [6.07, 6.45) is 0. The lowest BCUT2D eigenvalue weighted by molar-refractivity contribution is 0.405. The minimum Gasteiger partial charge on any atom is -0.496 e. The molecule has 2 rings (SSSR count). The first kappa shape index (κ1) is 9.97. The summed E-state index contributed by atoms with van der Waals surface area (Å²) in [5.41, 5.74) is 6.08. The fraction of sp³-hybridized carbons (Fsp3) is 0.111. The van der Waals surface area contributed by atoms with E-state index in [9.17, 15) is 0 Å². The first-order valence-corrected chi connectivity index (χ1v) is 4.93.